The Balaban J connectivity index is 1.93. The first-order chi connectivity index (χ1) is 25.7. The summed E-state index contributed by atoms with van der Waals surface area (Å²) in [7, 11) is 2.16. The predicted molar refractivity (Wildman–Crippen MR) is 215 cm³/mol. The molecule has 0 aliphatic rings. The maximum absolute atomic E-state index is 14.6. The van der Waals surface area contributed by atoms with Crippen molar-refractivity contribution in [2.45, 2.75) is 77.7 Å². The van der Waals surface area contributed by atoms with Crippen molar-refractivity contribution in [3.63, 3.8) is 0 Å². The fourth-order valence-corrected chi connectivity index (χ4v) is 7.35. The van der Waals surface area contributed by atoms with Gasteiger partial charge in [-0.3, -0.25) is 19.2 Å². The molecule has 0 saturated carbocycles. The van der Waals surface area contributed by atoms with E-state index in [9.17, 15) is 28.0 Å². The number of ether oxygens (including phenoxy) is 1. The molecule has 55 heavy (non-hydrogen) atoms. The molecule has 1 aromatic heterocycles. The first-order valence-electron chi connectivity index (χ1n) is 18.1. The van der Waals surface area contributed by atoms with Gasteiger partial charge in [-0.25, -0.2) is 8.78 Å². The molecule has 1 atom stereocenters. The Morgan fingerprint density at radius 2 is 1.44 bits per heavy atom. The first-order valence-corrected chi connectivity index (χ1v) is 21.0. The molecule has 0 saturated heterocycles. The second kappa shape index (κ2) is 17.5. The molecular formula is C43H51F2N3O6Si. The number of amides is 2. The SMILES string of the molecule is COC(=O)C[C@@H](CC(=O)/C=C/c1c(-c2ccc(F)cc2)c(-c2ccc(F)cc2)c(C(=O)Nc2cccc(C(=O)N(C)C)c2)n1C(C)C)O[Si](C)(C)C(C)(C)C. The second-order valence-corrected chi connectivity index (χ2v) is 20.2. The van der Waals surface area contributed by atoms with Gasteiger partial charge in [0.05, 0.1) is 25.3 Å². The van der Waals surface area contributed by atoms with Gasteiger partial charge in [-0.1, -0.05) is 51.1 Å². The van der Waals surface area contributed by atoms with Crippen LogP contribution in [0.3, 0.4) is 0 Å². The van der Waals surface area contributed by atoms with Crippen LogP contribution in [0, 0.1) is 11.6 Å². The van der Waals surface area contributed by atoms with Gasteiger partial charge in [-0.15, -0.1) is 0 Å². The average molecular weight is 772 g/mol. The van der Waals surface area contributed by atoms with E-state index in [2.05, 4.69) is 26.1 Å². The highest BCUT2D eigenvalue weighted by molar-refractivity contribution is 6.74. The molecule has 0 radical (unpaired) electrons. The lowest BCUT2D eigenvalue weighted by molar-refractivity contribution is -0.142. The van der Waals surface area contributed by atoms with Gasteiger partial charge in [0.1, 0.15) is 17.3 Å². The minimum absolute atomic E-state index is 0.105. The number of aromatic nitrogens is 1. The van der Waals surface area contributed by atoms with Gasteiger partial charge in [-0.05, 0) is 97.7 Å². The van der Waals surface area contributed by atoms with Gasteiger partial charge in [0.2, 0.25) is 0 Å². The molecule has 0 aliphatic heterocycles. The maximum atomic E-state index is 14.6. The highest BCUT2D eigenvalue weighted by Crippen LogP contribution is 2.43. The van der Waals surface area contributed by atoms with E-state index in [1.807, 2.05) is 26.9 Å². The number of nitrogens with one attached hydrogen (secondary N) is 1. The van der Waals surface area contributed by atoms with Crippen molar-refractivity contribution in [2.24, 2.45) is 0 Å². The van der Waals surface area contributed by atoms with Crippen LogP contribution in [-0.4, -0.2) is 68.7 Å². The lowest BCUT2D eigenvalue weighted by Gasteiger charge is -2.39. The molecule has 4 rings (SSSR count). The Bertz CT molecular complexity index is 2060. The van der Waals surface area contributed by atoms with E-state index in [0.29, 0.717) is 39.2 Å². The monoisotopic (exact) mass is 771 g/mol. The molecule has 12 heteroatoms. The molecule has 2 amide bonds. The van der Waals surface area contributed by atoms with E-state index in [1.165, 1.54) is 42.4 Å². The molecule has 4 aromatic rings. The molecule has 0 spiro atoms. The molecule has 9 nitrogen and oxygen atoms in total. The van der Waals surface area contributed by atoms with Gasteiger partial charge >= 0.3 is 5.97 Å². The van der Waals surface area contributed by atoms with Gasteiger partial charge in [-0.2, -0.15) is 0 Å². The predicted octanol–water partition coefficient (Wildman–Crippen LogP) is 9.56. The van der Waals surface area contributed by atoms with Crippen molar-refractivity contribution in [3.05, 3.63) is 107 Å². The number of hydrogen-bond acceptors (Lipinski definition) is 6. The van der Waals surface area contributed by atoms with Crippen molar-refractivity contribution in [3.8, 4) is 22.3 Å². The minimum Gasteiger partial charge on any atom is -0.469 e. The van der Waals surface area contributed by atoms with Crippen molar-refractivity contribution < 1.29 is 37.1 Å². The standard InChI is InChI=1S/C43H51F2N3O6Si/c1-27(2)48-36(23-22-34(49)25-35(26-37(50)53-8)54-55(9,10)43(3,4)5)38(28-14-18-31(44)19-15-28)39(29-16-20-32(45)21-17-29)40(48)41(51)46-33-13-11-12-30(24-33)42(52)47(6)7/h11-24,27,35H,25-26H2,1-10H3,(H,46,51)/b23-22+/t35-/m1/s1. The number of methoxy groups -OCH3 is 1. The summed E-state index contributed by atoms with van der Waals surface area (Å²) >= 11 is 0. The zero-order valence-electron chi connectivity index (χ0n) is 33.3. The molecule has 1 N–H and O–H groups in total. The molecule has 0 unspecified atom stereocenters. The van der Waals surface area contributed by atoms with Crippen LogP contribution in [0.1, 0.15) is 80.0 Å². The number of carbonyl (C=O) groups is 4. The smallest absolute Gasteiger partial charge is 0.308 e. The third-order valence-corrected chi connectivity index (χ3v) is 14.3. The number of allylic oxidation sites excluding steroid dienone is 1. The Morgan fingerprint density at radius 1 is 0.873 bits per heavy atom. The minimum atomic E-state index is -2.40. The van der Waals surface area contributed by atoms with E-state index in [-0.39, 0.29) is 41.3 Å². The van der Waals surface area contributed by atoms with E-state index < -0.39 is 37.9 Å². The highest BCUT2D eigenvalue weighted by Gasteiger charge is 2.40. The summed E-state index contributed by atoms with van der Waals surface area (Å²) in [6.45, 7) is 14.1. The van der Waals surface area contributed by atoms with Crippen molar-refractivity contribution in [2.75, 3.05) is 26.5 Å². The van der Waals surface area contributed by atoms with Crippen LogP contribution >= 0.6 is 0 Å². The molecule has 0 fully saturated rings. The van der Waals surface area contributed by atoms with E-state index >= 15 is 0 Å². The lowest BCUT2D eigenvalue weighted by Crippen LogP contribution is -2.44. The highest BCUT2D eigenvalue weighted by atomic mass is 28.4. The summed E-state index contributed by atoms with van der Waals surface area (Å²) < 4.78 is 41.9. The summed E-state index contributed by atoms with van der Waals surface area (Å²) in [5.74, 6) is -2.54. The second-order valence-electron chi connectivity index (χ2n) is 15.5. The zero-order chi connectivity index (χ0) is 40.8. The number of carbonyl (C=O) groups excluding carboxylic acids is 4. The Hall–Kier alpha value is -5.20. The van der Waals surface area contributed by atoms with Crippen LogP contribution in [0.2, 0.25) is 18.1 Å². The van der Waals surface area contributed by atoms with Gasteiger partial charge in [0.15, 0.2) is 14.1 Å². The summed E-state index contributed by atoms with van der Waals surface area (Å²) in [4.78, 5) is 55.0. The molecule has 0 aliphatic carbocycles. The quantitative estimate of drug-likeness (QED) is 0.0778. The van der Waals surface area contributed by atoms with Gasteiger partial charge < -0.3 is 23.9 Å². The van der Waals surface area contributed by atoms with Crippen molar-refractivity contribution in [1.82, 2.24) is 9.47 Å². The average Bonchev–Trinajstić information content (AvgIpc) is 3.46. The van der Waals surface area contributed by atoms with E-state index in [4.69, 9.17) is 9.16 Å². The molecule has 292 valence electrons. The maximum Gasteiger partial charge on any atom is 0.308 e. The van der Waals surface area contributed by atoms with Gasteiger partial charge in [0, 0.05) is 48.9 Å². The molecular weight excluding hydrogens is 721 g/mol. The zero-order valence-corrected chi connectivity index (χ0v) is 34.3. The van der Waals surface area contributed by atoms with Crippen LogP contribution in [0.5, 0.6) is 0 Å². The van der Waals surface area contributed by atoms with Crippen LogP contribution in [0.4, 0.5) is 14.5 Å². The number of halogens is 2. The van der Waals surface area contributed by atoms with Crippen LogP contribution < -0.4 is 5.32 Å². The van der Waals surface area contributed by atoms with E-state index in [1.54, 1.807) is 73.3 Å². The van der Waals surface area contributed by atoms with Gasteiger partial charge in [0.25, 0.3) is 11.8 Å². The van der Waals surface area contributed by atoms with Crippen LogP contribution in [-0.2, 0) is 18.8 Å². The third kappa shape index (κ3) is 10.3. The Morgan fingerprint density at radius 3 is 1.95 bits per heavy atom. The summed E-state index contributed by atoms with van der Waals surface area (Å²) in [5, 5.41) is 2.77. The van der Waals surface area contributed by atoms with E-state index in [0.717, 1.165) is 0 Å². The topological polar surface area (TPSA) is 107 Å². The largest absolute Gasteiger partial charge is 0.469 e. The Labute approximate surface area is 323 Å². The summed E-state index contributed by atoms with van der Waals surface area (Å²) in [6, 6.07) is 17.7. The van der Waals surface area contributed by atoms with Crippen LogP contribution in [0.25, 0.3) is 28.3 Å². The molecule has 0 bridgehead atoms. The number of ketones is 1. The normalized spacial score (nSPS) is 12.5. The number of anilines is 1. The summed E-state index contributed by atoms with van der Waals surface area (Å²) in [6.07, 6.45) is 2.07. The summed E-state index contributed by atoms with van der Waals surface area (Å²) in [5.41, 5.74) is 3.39. The fourth-order valence-electron chi connectivity index (χ4n) is 6.00. The lowest BCUT2D eigenvalue weighted by atomic mass is 9.94. The Kier molecular flexibility index (Phi) is 13.5. The molecule has 1 heterocycles. The molecule has 3 aromatic carbocycles. The number of nitrogens with zero attached hydrogens (tertiary/aromatic N) is 2. The van der Waals surface area contributed by atoms with Crippen LogP contribution in [0.15, 0.2) is 78.9 Å². The first kappa shape index (κ1) is 42.5. The number of hydrogen-bond donors (Lipinski definition) is 1. The third-order valence-electron chi connectivity index (χ3n) is 9.76. The van der Waals surface area contributed by atoms with Crippen molar-refractivity contribution >= 4 is 43.6 Å². The van der Waals surface area contributed by atoms with Crippen molar-refractivity contribution in [1.29, 1.82) is 0 Å². The fraction of sp³-hybridized carbons (Fsp3) is 0.349. The number of rotatable bonds is 14. The number of benzene rings is 3. The number of esters is 1.